The lowest BCUT2D eigenvalue weighted by atomic mass is 9.98. The minimum Gasteiger partial charge on any atom is -0.375 e. The zero-order valence-electron chi connectivity index (χ0n) is 10.7. The minimum atomic E-state index is -0.461. The molecule has 2 aliphatic rings. The Morgan fingerprint density at radius 1 is 1.33 bits per heavy atom. The molecule has 5 heteroatoms. The SMILES string of the molecule is Cc1cc(C)nc(N2CC=C3C(O)NC[C@@H]3C2)n1. The van der Waals surface area contributed by atoms with Gasteiger partial charge in [0.2, 0.25) is 5.95 Å². The average Bonchev–Trinajstić information content (AvgIpc) is 2.69. The second-order valence-electron chi connectivity index (χ2n) is 5.07. The molecule has 1 aromatic heterocycles. The lowest BCUT2D eigenvalue weighted by Crippen LogP contribution is -2.36. The molecule has 18 heavy (non-hydrogen) atoms. The number of aliphatic hydroxyl groups is 1. The monoisotopic (exact) mass is 246 g/mol. The molecule has 2 aliphatic heterocycles. The Hall–Kier alpha value is -1.46. The van der Waals surface area contributed by atoms with Crippen molar-refractivity contribution in [3.63, 3.8) is 0 Å². The molecule has 5 nitrogen and oxygen atoms in total. The number of fused-ring (bicyclic) bond motifs is 1. The third kappa shape index (κ3) is 2.00. The van der Waals surface area contributed by atoms with Gasteiger partial charge in [0.25, 0.3) is 0 Å². The van der Waals surface area contributed by atoms with Crippen molar-refractivity contribution in [1.29, 1.82) is 0 Å². The van der Waals surface area contributed by atoms with Gasteiger partial charge >= 0.3 is 0 Å². The molecule has 0 aliphatic carbocycles. The Labute approximate surface area is 107 Å². The third-order valence-corrected chi connectivity index (χ3v) is 3.59. The summed E-state index contributed by atoms with van der Waals surface area (Å²) in [5, 5.41) is 12.8. The topological polar surface area (TPSA) is 61.3 Å². The summed E-state index contributed by atoms with van der Waals surface area (Å²) in [7, 11) is 0. The highest BCUT2D eigenvalue weighted by Gasteiger charge is 2.33. The van der Waals surface area contributed by atoms with Crippen molar-refractivity contribution in [2.24, 2.45) is 5.92 Å². The van der Waals surface area contributed by atoms with E-state index in [4.69, 9.17) is 0 Å². The Morgan fingerprint density at radius 2 is 2.06 bits per heavy atom. The van der Waals surface area contributed by atoms with E-state index in [0.29, 0.717) is 5.92 Å². The first-order valence-electron chi connectivity index (χ1n) is 6.32. The Kier molecular flexibility index (Phi) is 2.80. The van der Waals surface area contributed by atoms with E-state index in [1.165, 1.54) is 0 Å². The van der Waals surface area contributed by atoms with E-state index in [1.807, 2.05) is 19.9 Å². The lowest BCUT2D eigenvalue weighted by Gasteiger charge is -2.30. The van der Waals surface area contributed by atoms with Crippen LogP contribution in [0.5, 0.6) is 0 Å². The summed E-state index contributed by atoms with van der Waals surface area (Å²) >= 11 is 0. The summed E-state index contributed by atoms with van der Waals surface area (Å²) in [5.41, 5.74) is 3.12. The van der Waals surface area contributed by atoms with Gasteiger partial charge in [-0.25, -0.2) is 9.97 Å². The van der Waals surface area contributed by atoms with Gasteiger partial charge in [0.15, 0.2) is 0 Å². The van der Waals surface area contributed by atoms with Crippen molar-refractivity contribution in [3.8, 4) is 0 Å². The van der Waals surface area contributed by atoms with Crippen LogP contribution in [0, 0.1) is 19.8 Å². The van der Waals surface area contributed by atoms with Gasteiger partial charge in [0, 0.05) is 36.9 Å². The number of hydrogen-bond acceptors (Lipinski definition) is 5. The summed E-state index contributed by atoms with van der Waals surface area (Å²) in [6.07, 6.45) is 1.64. The molecule has 1 aromatic rings. The molecule has 1 unspecified atom stereocenters. The largest absolute Gasteiger partial charge is 0.375 e. The second kappa shape index (κ2) is 4.33. The van der Waals surface area contributed by atoms with Crippen LogP contribution in [-0.2, 0) is 0 Å². The van der Waals surface area contributed by atoms with Gasteiger partial charge in [0.05, 0.1) is 0 Å². The molecule has 0 aromatic carbocycles. The van der Waals surface area contributed by atoms with Crippen molar-refractivity contribution < 1.29 is 5.11 Å². The third-order valence-electron chi connectivity index (χ3n) is 3.59. The van der Waals surface area contributed by atoms with Crippen LogP contribution in [0.25, 0.3) is 0 Å². The second-order valence-corrected chi connectivity index (χ2v) is 5.07. The predicted molar refractivity (Wildman–Crippen MR) is 69.3 cm³/mol. The van der Waals surface area contributed by atoms with Crippen molar-refractivity contribution in [1.82, 2.24) is 15.3 Å². The van der Waals surface area contributed by atoms with Crippen LogP contribution < -0.4 is 10.2 Å². The molecule has 0 amide bonds. The Bertz CT molecular complexity index is 480. The van der Waals surface area contributed by atoms with Gasteiger partial charge in [-0.3, -0.25) is 5.32 Å². The highest BCUT2D eigenvalue weighted by atomic mass is 16.3. The normalized spacial score (nSPS) is 27.1. The maximum Gasteiger partial charge on any atom is 0.226 e. The number of nitrogens with zero attached hydrogens (tertiary/aromatic N) is 3. The average molecular weight is 246 g/mol. The molecule has 96 valence electrons. The number of aryl methyl sites for hydroxylation is 2. The van der Waals surface area contributed by atoms with Crippen LogP contribution >= 0.6 is 0 Å². The summed E-state index contributed by atoms with van der Waals surface area (Å²) in [6.45, 7) is 6.45. The standard InChI is InChI=1S/C13H18N4O/c1-8-5-9(2)16-13(15-8)17-4-3-11-10(7-17)6-14-12(11)18/h3,5,10,12,14,18H,4,6-7H2,1-2H3/t10-,12?/m1/s1. The molecule has 0 bridgehead atoms. The fraction of sp³-hybridized carbons (Fsp3) is 0.538. The quantitative estimate of drug-likeness (QED) is 0.701. The fourth-order valence-electron chi connectivity index (χ4n) is 2.73. The molecule has 1 saturated heterocycles. The van der Waals surface area contributed by atoms with E-state index in [9.17, 15) is 5.11 Å². The van der Waals surface area contributed by atoms with E-state index in [1.54, 1.807) is 0 Å². The molecular weight excluding hydrogens is 228 g/mol. The highest BCUT2D eigenvalue weighted by molar-refractivity contribution is 5.38. The van der Waals surface area contributed by atoms with Crippen LogP contribution in [0.2, 0.25) is 0 Å². The molecule has 1 fully saturated rings. The number of anilines is 1. The summed E-state index contributed by atoms with van der Waals surface area (Å²) in [5.74, 6) is 1.17. The van der Waals surface area contributed by atoms with Crippen molar-refractivity contribution in [2.45, 2.75) is 20.1 Å². The van der Waals surface area contributed by atoms with E-state index < -0.39 is 6.23 Å². The predicted octanol–water partition coefficient (Wildman–Crippen LogP) is 0.378. The zero-order valence-corrected chi connectivity index (χ0v) is 10.7. The minimum absolute atomic E-state index is 0.373. The number of nitrogens with one attached hydrogen (secondary N) is 1. The van der Waals surface area contributed by atoms with E-state index in [2.05, 4.69) is 26.3 Å². The molecular formula is C13H18N4O. The summed E-state index contributed by atoms with van der Waals surface area (Å²) < 4.78 is 0. The Morgan fingerprint density at radius 3 is 2.78 bits per heavy atom. The van der Waals surface area contributed by atoms with Gasteiger partial charge in [0.1, 0.15) is 6.23 Å². The van der Waals surface area contributed by atoms with Gasteiger partial charge in [-0.1, -0.05) is 6.08 Å². The fourth-order valence-corrected chi connectivity index (χ4v) is 2.73. The van der Waals surface area contributed by atoms with Crippen molar-refractivity contribution in [2.75, 3.05) is 24.5 Å². The smallest absolute Gasteiger partial charge is 0.226 e. The molecule has 2 atom stereocenters. The maximum absolute atomic E-state index is 9.74. The van der Waals surface area contributed by atoms with Crippen LogP contribution in [0.3, 0.4) is 0 Å². The first-order chi connectivity index (χ1) is 8.63. The van der Waals surface area contributed by atoms with Crippen LogP contribution in [0.15, 0.2) is 17.7 Å². The molecule has 3 heterocycles. The van der Waals surface area contributed by atoms with E-state index >= 15 is 0 Å². The Balaban J connectivity index is 1.85. The van der Waals surface area contributed by atoms with Crippen molar-refractivity contribution >= 4 is 5.95 Å². The van der Waals surface area contributed by atoms with E-state index in [-0.39, 0.29) is 0 Å². The lowest BCUT2D eigenvalue weighted by molar-refractivity contribution is 0.193. The molecule has 0 radical (unpaired) electrons. The first kappa shape index (κ1) is 11.6. The van der Waals surface area contributed by atoms with Gasteiger partial charge in [-0.15, -0.1) is 0 Å². The van der Waals surface area contributed by atoms with Crippen LogP contribution in [0.1, 0.15) is 11.4 Å². The van der Waals surface area contributed by atoms with Crippen LogP contribution in [-0.4, -0.2) is 40.9 Å². The zero-order chi connectivity index (χ0) is 12.7. The number of rotatable bonds is 1. The van der Waals surface area contributed by atoms with Crippen molar-refractivity contribution in [3.05, 3.63) is 29.1 Å². The summed E-state index contributed by atoms with van der Waals surface area (Å²) in [4.78, 5) is 11.2. The molecule has 3 rings (SSSR count). The van der Waals surface area contributed by atoms with Gasteiger partial charge in [-0.05, 0) is 25.5 Å². The molecule has 0 saturated carbocycles. The molecule has 2 N–H and O–H groups in total. The van der Waals surface area contributed by atoms with Gasteiger partial charge in [-0.2, -0.15) is 0 Å². The first-order valence-corrected chi connectivity index (χ1v) is 6.32. The van der Waals surface area contributed by atoms with E-state index in [0.717, 1.165) is 42.5 Å². The number of aliphatic hydroxyl groups excluding tert-OH is 1. The highest BCUT2D eigenvalue weighted by Crippen LogP contribution is 2.26. The maximum atomic E-state index is 9.74. The van der Waals surface area contributed by atoms with Gasteiger partial charge < -0.3 is 10.0 Å². The van der Waals surface area contributed by atoms with Crippen LogP contribution in [0.4, 0.5) is 5.95 Å². The molecule has 0 spiro atoms. The number of hydrogen-bond donors (Lipinski definition) is 2. The number of aromatic nitrogens is 2. The summed E-state index contributed by atoms with van der Waals surface area (Å²) in [6, 6.07) is 1.98.